The summed E-state index contributed by atoms with van der Waals surface area (Å²) >= 11 is 0. The minimum Gasteiger partial charge on any atom is -0.469 e. The Morgan fingerprint density at radius 2 is 1.86 bits per heavy atom. The van der Waals surface area contributed by atoms with Crippen LogP contribution in [0.5, 0.6) is 5.88 Å². The summed E-state index contributed by atoms with van der Waals surface area (Å²) in [4.78, 5) is 9.42. The van der Waals surface area contributed by atoms with Gasteiger partial charge in [-0.1, -0.05) is 0 Å². The lowest BCUT2D eigenvalue weighted by molar-refractivity contribution is -0.129. The van der Waals surface area contributed by atoms with Crippen LogP contribution in [0.2, 0.25) is 0 Å². The summed E-state index contributed by atoms with van der Waals surface area (Å²) in [5.41, 5.74) is 0.449. The Morgan fingerprint density at radius 3 is 2.60 bits per heavy atom. The first kappa shape index (κ1) is 21.8. The summed E-state index contributed by atoms with van der Waals surface area (Å²) in [6, 6.07) is 3.88. The third kappa shape index (κ3) is 3.94. The first-order valence-electron chi connectivity index (χ1n) is 12.7. The molecule has 6 fully saturated rings. The third-order valence-electron chi connectivity index (χ3n) is 8.46. The molecule has 11 heteroatoms. The lowest BCUT2D eigenvalue weighted by atomic mass is 9.52. The van der Waals surface area contributed by atoms with Gasteiger partial charge >= 0.3 is 0 Å². The van der Waals surface area contributed by atoms with Gasteiger partial charge in [-0.25, -0.2) is 0 Å². The number of aromatic amines is 1. The van der Waals surface area contributed by atoms with E-state index in [9.17, 15) is 10.2 Å². The van der Waals surface area contributed by atoms with Crippen LogP contribution in [0.3, 0.4) is 0 Å². The van der Waals surface area contributed by atoms with Crippen molar-refractivity contribution in [1.82, 2.24) is 20.2 Å². The SMILES string of the molecule is Cc1cc(Nc2cc(OC3COC4C(O)COC34)nc(NC3C4CC5CC3CC(O)(C5)C4)n2)n[nH]1. The number of aryl methyl sites for hydroxylation is 1. The number of aromatic nitrogens is 4. The topological polar surface area (TPSA) is 147 Å². The van der Waals surface area contributed by atoms with E-state index in [1.165, 1.54) is 0 Å². The van der Waals surface area contributed by atoms with Crippen molar-refractivity contribution in [2.45, 2.75) is 75.1 Å². The molecule has 6 unspecified atom stereocenters. The Bertz CT molecular complexity index is 1100. The fourth-order valence-electron chi connectivity index (χ4n) is 7.29. The van der Waals surface area contributed by atoms with Crippen LogP contribution >= 0.6 is 0 Å². The summed E-state index contributed by atoms with van der Waals surface area (Å²) in [6.45, 7) is 2.51. The minimum absolute atomic E-state index is 0.232. The number of nitrogens with one attached hydrogen (secondary N) is 3. The highest BCUT2D eigenvalue weighted by Crippen LogP contribution is 2.56. The Hall–Kier alpha value is -2.47. The van der Waals surface area contributed by atoms with Crippen LogP contribution in [0, 0.1) is 24.7 Å². The highest BCUT2D eigenvalue weighted by atomic mass is 16.6. The average Bonchev–Trinajstić information content (AvgIpc) is 3.49. The quantitative estimate of drug-likeness (QED) is 0.409. The average molecular weight is 485 g/mol. The second-order valence-electron chi connectivity index (χ2n) is 11.2. The van der Waals surface area contributed by atoms with Gasteiger partial charge in [0.25, 0.3) is 0 Å². The highest BCUT2D eigenvalue weighted by Gasteiger charge is 2.55. The molecule has 0 aromatic carbocycles. The van der Waals surface area contributed by atoms with Gasteiger partial charge in [-0.2, -0.15) is 15.1 Å². The summed E-state index contributed by atoms with van der Waals surface area (Å²) in [6.07, 6.45) is 3.22. The first-order valence-corrected chi connectivity index (χ1v) is 12.7. The number of aliphatic hydroxyl groups excluding tert-OH is 1. The maximum atomic E-state index is 11.0. The van der Waals surface area contributed by atoms with Crippen LogP contribution < -0.4 is 15.4 Å². The summed E-state index contributed by atoms with van der Waals surface area (Å²) in [5, 5.41) is 35.0. The molecule has 188 valence electrons. The molecular formula is C24H32N6O5. The van der Waals surface area contributed by atoms with E-state index in [2.05, 4.69) is 20.8 Å². The maximum absolute atomic E-state index is 11.0. The summed E-state index contributed by atoms with van der Waals surface area (Å²) in [5.74, 6) is 3.58. The van der Waals surface area contributed by atoms with Crippen LogP contribution in [0.4, 0.5) is 17.6 Å². The maximum Gasteiger partial charge on any atom is 0.228 e. The van der Waals surface area contributed by atoms with Gasteiger partial charge in [-0.15, -0.1) is 0 Å². The zero-order valence-corrected chi connectivity index (χ0v) is 19.7. The number of hydrogen-bond donors (Lipinski definition) is 5. The predicted octanol–water partition coefficient (Wildman–Crippen LogP) is 1.51. The number of H-pyrrole nitrogens is 1. The number of fused-ring (bicyclic) bond motifs is 1. The second-order valence-corrected chi connectivity index (χ2v) is 11.2. The van der Waals surface area contributed by atoms with Gasteiger partial charge in [0.1, 0.15) is 24.1 Å². The van der Waals surface area contributed by atoms with Gasteiger partial charge < -0.3 is 35.1 Å². The number of ether oxygens (including phenoxy) is 3. The Balaban J connectivity index is 1.15. The summed E-state index contributed by atoms with van der Waals surface area (Å²) < 4.78 is 17.7. The van der Waals surface area contributed by atoms with Crippen LogP contribution in [-0.2, 0) is 9.47 Å². The van der Waals surface area contributed by atoms with Crippen LogP contribution in [-0.4, -0.2) is 79.7 Å². The standard InChI is InChI=1S/C24H32N6O5/c1-11-2-18(30-29-11)25-17-5-19(35-16-10-34-21-15(31)9-33-22(16)21)27-23(26-17)28-20-13-3-12-4-14(20)8-24(32,6-12)7-13/h2,5,12-16,20-22,31-32H,3-4,6-10H2,1H3,(H3,25,26,27,28,29,30). The lowest BCUT2D eigenvalue weighted by Gasteiger charge is -2.58. The normalized spacial score (nSPS) is 41.2. The number of anilines is 3. The van der Waals surface area contributed by atoms with E-state index >= 15 is 0 Å². The van der Waals surface area contributed by atoms with Crippen molar-refractivity contribution < 1.29 is 24.4 Å². The van der Waals surface area contributed by atoms with Gasteiger partial charge in [-0.3, -0.25) is 5.10 Å². The molecule has 11 nitrogen and oxygen atoms in total. The molecule has 2 aliphatic heterocycles. The lowest BCUT2D eigenvalue weighted by Crippen LogP contribution is -2.59. The molecular weight excluding hydrogens is 452 g/mol. The highest BCUT2D eigenvalue weighted by molar-refractivity contribution is 5.55. The Labute approximate surface area is 203 Å². The molecule has 2 aromatic heterocycles. The van der Waals surface area contributed by atoms with Gasteiger partial charge in [0.05, 0.1) is 18.8 Å². The predicted molar refractivity (Wildman–Crippen MR) is 124 cm³/mol. The van der Waals surface area contributed by atoms with Crippen LogP contribution in [0.25, 0.3) is 0 Å². The van der Waals surface area contributed by atoms with E-state index in [4.69, 9.17) is 24.2 Å². The molecule has 6 aliphatic rings. The van der Waals surface area contributed by atoms with Crippen LogP contribution in [0.1, 0.15) is 37.8 Å². The van der Waals surface area contributed by atoms with Crippen molar-refractivity contribution in [3.63, 3.8) is 0 Å². The molecule has 8 rings (SSSR count). The molecule has 2 aromatic rings. The zero-order valence-electron chi connectivity index (χ0n) is 19.7. The van der Waals surface area contributed by atoms with Gasteiger partial charge in [0, 0.05) is 23.9 Å². The van der Waals surface area contributed by atoms with Crippen molar-refractivity contribution in [1.29, 1.82) is 0 Å². The molecule has 4 heterocycles. The Kier molecular flexibility index (Phi) is 4.99. The monoisotopic (exact) mass is 484 g/mol. The molecule has 4 saturated carbocycles. The van der Waals surface area contributed by atoms with Gasteiger partial charge in [0.15, 0.2) is 11.9 Å². The second kappa shape index (κ2) is 8.02. The molecule has 35 heavy (non-hydrogen) atoms. The number of rotatable bonds is 6. The number of nitrogens with zero attached hydrogens (tertiary/aromatic N) is 3. The number of aliphatic hydroxyl groups is 2. The van der Waals surface area contributed by atoms with Crippen molar-refractivity contribution in [2.24, 2.45) is 17.8 Å². The minimum atomic E-state index is -0.636. The first-order chi connectivity index (χ1) is 16.9. The van der Waals surface area contributed by atoms with E-state index in [0.717, 1.165) is 37.8 Å². The van der Waals surface area contributed by atoms with Gasteiger partial charge in [0.2, 0.25) is 11.8 Å². The molecule has 0 radical (unpaired) electrons. The molecule has 4 bridgehead atoms. The van der Waals surface area contributed by atoms with E-state index < -0.39 is 11.7 Å². The molecule has 0 amide bonds. The van der Waals surface area contributed by atoms with E-state index in [1.807, 2.05) is 13.0 Å². The van der Waals surface area contributed by atoms with E-state index in [0.29, 0.717) is 47.8 Å². The molecule has 5 N–H and O–H groups in total. The number of hydrogen-bond acceptors (Lipinski definition) is 10. The third-order valence-corrected chi connectivity index (χ3v) is 8.46. The van der Waals surface area contributed by atoms with Crippen molar-refractivity contribution in [2.75, 3.05) is 23.8 Å². The van der Waals surface area contributed by atoms with Crippen molar-refractivity contribution in [3.8, 4) is 5.88 Å². The van der Waals surface area contributed by atoms with E-state index in [-0.39, 0.29) is 31.0 Å². The molecule has 0 spiro atoms. The van der Waals surface area contributed by atoms with Gasteiger partial charge in [-0.05, 0) is 56.8 Å². The zero-order chi connectivity index (χ0) is 23.7. The van der Waals surface area contributed by atoms with E-state index in [1.54, 1.807) is 6.07 Å². The smallest absolute Gasteiger partial charge is 0.228 e. The summed E-state index contributed by atoms with van der Waals surface area (Å²) in [7, 11) is 0. The van der Waals surface area contributed by atoms with Crippen molar-refractivity contribution in [3.05, 3.63) is 17.8 Å². The molecule has 4 aliphatic carbocycles. The van der Waals surface area contributed by atoms with Crippen LogP contribution in [0.15, 0.2) is 12.1 Å². The van der Waals surface area contributed by atoms with Crippen molar-refractivity contribution >= 4 is 17.6 Å². The fourth-order valence-corrected chi connectivity index (χ4v) is 7.29. The largest absolute Gasteiger partial charge is 0.469 e. The molecule has 6 atom stereocenters. The molecule has 2 saturated heterocycles. The fraction of sp³-hybridized carbons (Fsp3) is 0.708. The Morgan fingerprint density at radius 1 is 1.06 bits per heavy atom.